The van der Waals surface area contributed by atoms with E-state index in [0.717, 1.165) is 43.5 Å². The Hall–Kier alpha value is -4.21. The summed E-state index contributed by atoms with van der Waals surface area (Å²) < 4.78 is 78.8. The smallest absolute Gasteiger partial charge is 0.435 e. The fraction of sp³-hybridized carbons (Fsp3) is 0.393. The molecule has 44 heavy (non-hydrogen) atoms. The number of anilines is 3. The number of aromatic nitrogens is 2. The van der Waals surface area contributed by atoms with Crippen LogP contribution in [0.1, 0.15) is 71.1 Å². The number of alkyl halides is 6. The lowest BCUT2D eigenvalue weighted by molar-refractivity contribution is -0.141. The summed E-state index contributed by atoms with van der Waals surface area (Å²) in [5, 5.41) is 15.9. The molecule has 4 rings (SSSR count). The van der Waals surface area contributed by atoms with Crippen molar-refractivity contribution in [2.45, 2.75) is 56.8 Å². The molecule has 2 amide bonds. The van der Waals surface area contributed by atoms with Crippen LogP contribution in [0.25, 0.3) is 0 Å². The maximum absolute atomic E-state index is 13.6. The summed E-state index contributed by atoms with van der Waals surface area (Å²) >= 11 is 0.345. The highest BCUT2D eigenvalue weighted by Gasteiger charge is 2.40. The van der Waals surface area contributed by atoms with E-state index in [-0.39, 0.29) is 31.0 Å². The van der Waals surface area contributed by atoms with Gasteiger partial charge in [0.1, 0.15) is 10.6 Å². The van der Waals surface area contributed by atoms with Crippen molar-refractivity contribution in [3.05, 3.63) is 64.4 Å². The van der Waals surface area contributed by atoms with Crippen molar-refractivity contribution in [1.82, 2.24) is 15.3 Å². The Morgan fingerprint density at radius 3 is 2.14 bits per heavy atom. The number of amides is 2. The second kappa shape index (κ2) is 13.6. The van der Waals surface area contributed by atoms with E-state index in [4.69, 9.17) is 5.11 Å². The zero-order chi connectivity index (χ0) is 32.1. The van der Waals surface area contributed by atoms with Gasteiger partial charge in [0.15, 0.2) is 10.8 Å². The topological polar surface area (TPSA) is 133 Å². The number of halogens is 6. The number of thiazole rings is 1. The van der Waals surface area contributed by atoms with E-state index in [1.54, 1.807) is 12.1 Å². The number of carboxylic acid groups (broad SMARTS) is 1. The molecule has 0 radical (unpaired) electrons. The molecule has 2 aromatic heterocycles. The van der Waals surface area contributed by atoms with E-state index in [9.17, 15) is 40.7 Å². The van der Waals surface area contributed by atoms with Gasteiger partial charge >= 0.3 is 18.3 Å². The molecule has 1 saturated carbocycles. The Labute approximate surface area is 251 Å². The average molecular weight is 644 g/mol. The first-order valence-corrected chi connectivity index (χ1v) is 14.3. The van der Waals surface area contributed by atoms with Crippen LogP contribution in [0.2, 0.25) is 0 Å². The van der Waals surface area contributed by atoms with Gasteiger partial charge in [-0.2, -0.15) is 26.3 Å². The number of carbonyl (C=O) groups excluding carboxylic acids is 2. The van der Waals surface area contributed by atoms with Gasteiger partial charge in [0.05, 0.1) is 11.9 Å². The first-order valence-electron chi connectivity index (χ1n) is 13.5. The third-order valence-corrected chi connectivity index (χ3v) is 7.99. The number of nitrogens with zero attached hydrogens (tertiary/aromatic N) is 2. The zero-order valence-electron chi connectivity index (χ0n) is 22.9. The Balaban J connectivity index is 1.28. The van der Waals surface area contributed by atoms with Crippen LogP contribution in [-0.4, -0.2) is 39.4 Å². The van der Waals surface area contributed by atoms with Gasteiger partial charge < -0.3 is 21.1 Å². The summed E-state index contributed by atoms with van der Waals surface area (Å²) in [6.07, 6.45) is -5.55. The number of hydrogen-bond acceptors (Lipinski definition) is 7. The van der Waals surface area contributed by atoms with Gasteiger partial charge in [-0.25, -0.2) is 9.97 Å². The molecular weight excluding hydrogens is 616 g/mol. The van der Waals surface area contributed by atoms with Crippen LogP contribution in [0.5, 0.6) is 0 Å². The van der Waals surface area contributed by atoms with Crippen LogP contribution < -0.4 is 16.0 Å². The minimum atomic E-state index is -5.00. The molecule has 1 aliphatic carbocycles. The molecule has 0 aliphatic heterocycles. The summed E-state index contributed by atoms with van der Waals surface area (Å²) in [6.45, 7) is -0.275. The van der Waals surface area contributed by atoms with Gasteiger partial charge in [0.25, 0.3) is 5.91 Å². The lowest BCUT2D eigenvalue weighted by Gasteiger charge is -2.28. The molecule has 1 fully saturated rings. The maximum atomic E-state index is 13.6. The quantitative estimate of drug-likeness (QED) is 0.178. The fourth-order valence-electron chi connectivity index (χ4n) is 4.86. The highest BCUT2D eigenvalue weighted by molar-refractivity contribution is 7.17. The molecule has 16 heteroatoms. The summed E-state index contributed by atoms with van der Waals surface area (Å²) in [7, 11) is 0. The van der Waals surface area contributed by atoms with Gasteiger partial charge in [-0.3, -0.25) is 14.4 Å². The van der Waals surface area contributed by atoms with E-state index in [1.807, 2.05) is 12.1 Å². The molecule has 0 spiro atoms. The van der Waals surface area contributed by atoms with Crippen LogP contribution in [0, 0.1) is 5.92 Å². The lowest BCUT2D eigenvalue weighted by Crippen LogP contribution is -2.28. The number of hydrogen-bond donors (Lipinski definition) is 4. The fourth-order valence-corrected chi connectivity index (χ4v) is 5.78. The number of pyridine rings is 1. The normalized spacial score (nSPS) is 17.1. The molecule has 2 heterocycles. The predicted molar refractivity (Wildman–Crippen MR) is 149 cm³/mol. The van der Waals surface area contributed by atoms with E-state index >= 15 is 0 Å². The second-order valence-electron chi connectivity index (χ2n) is 10.2. The first kappa shape index (κ1) is 32.7. The predicted octanol–water partition coefficient (Wildman–Crippen LogP) is 6.83. The minimum absolute atomic E-state index is 0.0692. The second-order valence-corrected chi connectivity index (χ2v) is 11.2. The Morgan fingerprint density at radius 2 is 1.57 bits per heavy atom. The summed E-state index contributed by atoms with van der Waals surface area (Å²) in [5.41, 5.74) is -1.16. The van der Waals surface area contributed by atoms with Crippen molar-refractivity contribution in [3.63, 3.8) is 0 Å². The number of carboxylic acids is 1. The molecule has 3 aromatic rings. The van der Waals surface area contributed by atoms with Crippen molar-refractivity contribution in [3.8, 4) is 0 Å². The van der Waals surface area contributed by atoms with E-state index in [2.05, 4.69) is 25.9 Å². The molecule has 1 aliphatic rings. The largest absolute Gasteiger partial charge is 0.481 e. The van der Waals surface area contributed by atoms with Crippen LogP contribution in [0.4, 0.5) is 42.8 Å². The van der Waals surface area contributed by atoms with Crippen LogP contribution >= 0.6 is 11.3 Å². The standard InChI is InChI=1S/C28H27F6N5O4S/c29-27(30,31)20-10-9-19(14-36-20)38-26-39-24(28(32,33)34)23(44-26)25(43)35-12-11-21(40)37-18-7-5-17(6-8-18)16-3-1-15(2-4-16)13-22(41)42/h5-10,14-16H,1-4,11-13H2,(H,35,43)(H,37,40)(H,38,39)(H,41,42)/t15-,16-. The monoisotopic (exact) mass is 643 g/mol. The molecule has 0 atom stereocenters. The highest BCUT2D eigenvalue weighted by Crippen LogP contribution is 2.38. The van der Waals surface area contributed by atoms with Crippen LogP contribution in [0.15, 0.2) is 42.6 Å². The van der Waals surface area contributed by atoms with Gasteiger partial charge in [0.2, 0.25) is 5.91 Å². The van der Waals surface area contributed by atoms with Crippen LogP contribution in [0.3, 0.4) is 0 Å². The van der Waals surface area contributed by atoms with Crippen molar-refractivity contribution in [2.75, 3.05) is 17.2 Å². The number of rotatable bonds is 10. The van der Waals surface area contributed by atoms with Gasteiger partial charge in [-0.1, -0.05) is 23.5 Å². The molecule has 4 N–H and O–H groups in total. The molecule has 0 saturated heterocycles. The third-order valence-electron chi connectivity index (χ3n) is 7.02. The Morgan fingerprint density at radius 1 is 0.909 bits per heavy atom. The molecule has 236 valence electrons. The van der Waals surface area contributed by atoms with E-state index in [0.29, 0.717) is 29.0 Å². The molecule has 0 bridgehead atoms. The van der Waals surface area contributed by atoms with Gasteiger partial charge in [-0.05, 0) is 67.3 Å². The van der Waals surface area contributed by atoms with Crippen molar-refractivity contribution in [1.29, 1.82) is 0 Å². The van der Waals surface area contributed by atoms with E-state index < -0.39 is 51.5 Å². The molecule has 1 aromatic carbocycles. The van der Waals surface area contributed by atoms with Gasteiger partial charge in [-0.15, -0.1) is 0 Å². The van der Waals surface area contributed by atoms with Crippen molar-refractivity contribution < 1.29 is 45.8 Å². The molecular formula is C28H27F6N5O4S. The summed E-state index contributed by atoms with van der Waals surface area (Å²) in [6, 6.07) is 8.82. The number of benzene rings is 1. The maximum Gasteiger partial charge on any atom is 0.435 e. The first-order chi connectivity index (χ1) is 20.7. The summed E-state index contributed by atoms with van der Waals surface area (Å²) in [5.74, 6) is -1.91. The lowest BCUT2D eigenvalue weighted by atomic mass is 9.77. The zero-order valence-corrected chi connectivity index (χ0v) is 23.7. The third kappa shape index (κ3) is 8.90. The minimum Gasteiger partial charge on any atom is -0.481 e. The highest BCUT2D eigenvalue weighted by atomic mass is 32.1. The number of carbonyl (C=O) groups is 3. The number of aliphatic carboxylic acids is 1. The Kier molecular flexibility index (Phi) is 10.1. The average Bonchev–Trinajstić information content (AvgIpc) is 3.38. The number of nitrogens with one attached hydrogen (secondary N) is 3. The van der Waals surface area contributed by atoms with Crippen LogP contribution in [-0.2, 0) is 21.9 Å². The Bertz CT molecular complexity index is 1470. The van der Waals surface area contributed by atoms with Gasteiger partial charge in [0, 0.05) is 25.1 Å². The SMILES string of the molecule is O=C(O)C[C@H]1CC[C@H](c2ccc(NC(=O)CCNC(=O)c3sc(Nc4ccc(C(F)(F)F)nc4)nc3C(F)(F)F)cc2)CC1. The molecule has 0 unspecified atom stereocenters. The van der Waals surface area contributed by atoms with Crippen molar-refractivity contribution in [2.24, 2.45) is 5.92 Å². The summed E-state index contributed by atoms with van der Waals surface area (Å²) in [4.78, 5) is 41.7. The van der Waals surface area contributed by atoms with Crippen molar-refractivity contribution >= 4 is 45.6 Å². The van der Waals surface area contributed by atoms with E-state index in [1.165, 1.54) is 0 Å². The molecule has 9 nitrogen and oxygen atoms in total.